The van der Waals surface area contributed by atoms with Gasteiger partial charge in [-0.15, -0.1) is 0 Å². The normalized spacial score (nSPS) is 18.3. The third-order valence-corrected chi connectivity index (χ3v) is 9.03. The van der Waals surface area contributed by atoms with Gasteiger partial charge in [0.25, 0.3) is 0 Å². The number of alkyl halides is 3. The molecule has 2 fully saturated rings. The summed E-state index contributed by atoms with van der Waals surface area (Å²) in [6.45, 7) is 5.70. The lowest BCUT2D eigenvalue weighted by Gasteiger charge is -2.39. The Morgan fingerprint density at radius 3 is 2.49 bits per heavy atom. The van der Waals surface area contributed by atoms with Gasteiger partial charge in [0.1, 0.15) is 11.9 Å². The molecule has 2 aromatic carbocycles. The summed E-state index contributed by atoms with van der Waals surface area (Å²) in [5.41, 5.74) is 8.07. The van der Waals surface area contributed by atoms with Gasteiger partial charge in [0.05, 0.1) is 18.0 Å². The molecule has 1 spiro atoms. The summed E-state index contributed by atoms with van der Waals surface area (Å²) in [5, 5.41) is 8.22. The number of aryl methyl sites for hydroxylation is 1. The second-order valence-corrected chi connectivity index (χ2v) is 12.5. The topological polar surface area (TPSA) is 120 Å². The zero-order valence-electron chi connectivity index (χ0n) is 25.9. The van der Waals surface area contributed by atoms with Gasteiger partial charge in [-0.1, -0.05) is 35.9 Å². The molecule has 248 valence electrons. The lowest BCUT2D eigenvalue weighted by atomic mass is 9.76. The van der Waals surface area contributed by atoms with Crippen LogP contribution < -0.4 is 20.7 Å². The molecule has 10 nitrogen and oxygen atoms in total. The molecule has 0 bridgehead atoms. The van der Waals surface area contributed by atoms with E-state index in [1.54, 1.807) is 62.5 Å². The van der Waals surface area contributed by atoms with Crippen molar-refractivity contribution in [2.45, 2.75) is 51.4 Å². The quantitative estimate of drug-likeness (QED) is 0.216. The maximum atomic E-state index is 14.8. The van der Waals surface area contributed by atoms with Crippen LogP contribution in [0.5, 0.6) is 5.88 Å². The number of nitrogen functional groups attached to an aromatic ring is 1. The standard InChI is InChI=1S/C33H35ClF3N7O3/c1-3-46-30(45)25-18-32(19-39-25)11-14-43(15-12-32)27-17-28(41-31(38)40-27)47-29(33(35,36)37)24-9-6-22(21-4-7-23(34)8-5-21)16-26(24)44-13-10-20(2)42-44/h4-10,13,16-17,25,29,39H,3,11-12,14-15,18-19H2,1-2H3,(H2,38,40,41)/t25-,29+/m0/s1. The minimum Gasteiger partial charge on any atom is -0.465 e. The van der Waals surface area contributed by atoms with Gasteiger partial charge in [0, 0.05) is 42.5 Å². The van der Waals surface area contributed by atoms with Crippen LogP contribution in [0.1, 0.15) is 43.5 Å². The molecule has 4 aromatic rings. The molecule has 2 atom stereocenters. The Bertz CT molecular complexity index is 1740. The highest BCUT2D eigenvalue weighted by Gasteiger charge is 2.46. The van der Waals surface area contributed by atoms with Crippen LogP contribution in [0.3, 0.4) is 0 Å². The molecule has 2 saturated heterocycles. The predicted molar refractivity (Wildman–Crippen MR) is 172 cm³/mol. The number of rotatable bonds is 8. The van der Waals surface area contributed by atoms with E-state index < -0.39 is 12.3 Å². The molecule has 0 radical (unpaired) electrons. The van der Waals surface area contributed by atoms with Crippen LogP contribution in [0.2, 0.25) is 5.02 Å². The zero-order chi connectivity index (χ0) is 33.3. The number of hydrogen-bond acceptors (Lipinski definition) is 9. The Morgan fingerprint density at radius 1 is 1.11 bits per heavy atom. The van der Waals surface area contributed by atoms with Gasteiger partial charge in [-0.2, -0.15) is 28.2 Å². The smallest absolute Gasteiger partial charge is 0.429 e. The van der Waals surface area contributed by atoms with Gasteiger partial charge >= 0.3 is 12.1 Å². The molecule has 14 heteroatoms. The Balaban J connectivity index is 1.27. The van der Waals surface area contributed by atoms with E-state index in [0.29, 0.717) is 54.8 Å². The zero-order valence-corrected chi connectivity index (χ0v) is 26.7. The first-order valence-corrected chi connectivity index (χ1v) is 15.8. The molecule has 2 aliphatic heterocycles. The number of aromatic nitrogens is 4. The van der Waals surface area contributed by atoms with Crippen LogP contribution in [-0.2, 0) is 9.53 Å². The summed E-state index contributed by atoms with van der Waals surface area (Å²) in [5.74, 6) is -0.381. The Kier molecular flexibility index (Phi) is 9.03. The van der Waals surface area contributed by atoms with Crippen molar-refractivity contribution < 1.29 is 27.4 Å². The average molecular weight is 670 g/mol. The van der Waals surface area contributed by atoms with Crippen molar-refractivity contribution in [1.29, 1.82) is 0 Å². The third kappa shape index (κ3) is 7.15. The Hall–Kier alpha value is -4.36. The van der Waals surface area contributed by atoms with Gasteiger partial charge in [0.15, 0.2) is 0 Å². The first kappa shape index (κ1) is 32.6. The summed E-state index contributed by atoms with van der Waals surface area (Å²) in [6.07, 6.45) is -3.42. The maximum absolute atomic E-state index is 14.8. The Morgan fingerprint density at radius 2 is 1.83 bits per heavy atom. The monoisotopic (exact) mass is 669 g/mol. The van der Waals surface area contributed by atoms with Crippen molar-refractivity contribution in [1.82, 2.24) is 25.1 Å². The number of ether oxygens (including phenoxy) is 2. The highest BCUT2D eigenvalue weighted by Crippen LogP contribution is 2.43. The molecule has 2 aliphatic rings. The molecule has 0 aliphatic carbocycles. The molecular weight excluding hydrogens is 635 g/mol. The summed E-state index contributed by atoms with van der Waals surface area (Å²) in [7, 11) is 0. The van der Waals surface area contributed by atoms with Gasteiger partial charge in [-0.3, -0.25) is 4.79 Å². The molecule has 2 aromatic heterocycles. The number of hydrogen-bond donors (Lipinski definition) is 2. The Labute approximate surface area is 275 Å². The first-order valence-electron chi connectivity index (χ1n) is 15.4. The van der Waals surface area contributed by atoms with Crippen molar-refractivity contribution in [3.8, 4) is 22.7 Å². The number of nitrogens with one attached hydrogen (secondary N) is 1. The van der Waals surface area contributed by atoms with Crippen LogP contribution in [0.4, 0.5) is 24.9 Å². The number of piperidine rings is 1. The van der Waals surface area contributed by atoms with Crippen molar-refractivity contribution in [2.75, 3.05) is 36.9 Å². The van der Waals surface area contributed by atoms with E-state index in [-0.39, 0.29) is 40.5 Å². The number of esters is 1. The molecule has 47 heavy (non-hydrogen) atoms. The molecular formula is C33H35ClF3N7O3. The fourth-order valence-corrected chi connectivity index (χ4v) is 6.46. The number of nitrogens with two attached hydrogens (primary N) is 1. The molecule has 0 amide bonds. The van der Waals surface area contributed by atoms with E-state index in [4.69, 9.17) is 26.8 Å². The van der Waals surface area contributed by atoms with Crippen LogP contribution >= 0.6 is 11.6 Å². The highest BCUT2D eigenvalue weighted by molar-refractivity contribution is 6.30. The number of anilines is 2. The van der Waals surface area contributed by atoms with E-state index in [1.165, 1.54) is 16.8 Å². The maximum Gasteiger partial charge on any atom is 0.429 e. The number of benzene rings is 2. The van der Waals surface area contributed by atoms with Gasteiger partial charge in [-0.25, -0.2) is 4.68 Å². The van der Waals surface area contributed by atoms with Crippen molar-refractivity contribution >= 4 is 29.3 Å². The first-order chi connectivity index (χ1) is 22.4. The fraction of sp³-hybridized carbons (Fsp3) is 0.394. The van der Waals surface area contributed by atoms with E-state index in [0.717, 1.165) is 18.4 Å². The van der Waals surface area contributed by atoms with Crippen LogP contribution in [0, 0.1) is 12.3 Å². The summed E-state index contributed by atoms with van der Waals surface area (Å²) >= 11 is 6.05. The lowest BCUT2D eigenvalue weighted by Crippen LogP contribution is -2.41. The van der Waals surface area contributed by atoms with E-state index in [2.05, 4.69) is 20.4 Å². The summed E-state index contributed by atoms with van der Waals surface area (Å²) < 4.78 is 56.7. The number of carbonyl (C=O) groups is 1. The molecule has 4 heterocycles. The minimum atomic E-state index is -4.82. The van der Waals surface area contributed by atoms with E-state index in [1.807, 2.05) is 4.90 Å². The lowest BCUT2D eigenvalue weighted by molar-refractivity contribution is -0.198. The van der Waals surface area contributed by atoms with Crippen molar-refractivity contribution in [3.05, 3.63) is 77.1 Å². The second-order valence-electron chi connectivity index (χ2n) is 12.0. The van der Waals surface area contributed by atoms with Crippen molar-refractivity contribution in [2.24, 2.45) is 5.41 Å². The van der Waals surface area contributed by atoms with Crippen molar-refractivity contribution in [3.63, 3.8) is 0 Å². The summed E-state index contributed by atoms with van der Waals surface area (Å²) in [4.78, 5) is 22.6. The second kappa shape index (κ2) is 13.0. The van der Waals surface area contributed by atoms with Gasteiger partial charge in [0.2, 0.25) is 17.9 Å². The van der Waals surface area contributed by atoms with Gasteiger partial charge in [-0.05, 0) is 73.9 Å². The van der Waals surface area contributed by atoms with Crippen LogP contribution in [0.25, 0.3) is 16.8 Å². The fourth-order valence-electron chi connectivity index (χ4n) is 6.33. The molecule has 0 saturated carbocycles. The van der Waals surface area contributed by atoms with Gasteiger partial charge < -0.3 is 25.4 Å². The minimum absolute atomic E-state index is 0.0767. The van der Waals surface area contributed by atoms with Crippen LogP contribution in [-0.4, -0.2) is 64.2 Å². The largest absolute Gasteiger partial charge is 0.465 e. The number of carbonyl (C=O) groups excluding carboxylic acids is 1. The highest BCUT2D eigenvalue weighted by atomic mass is 35.5. The van der Waals surface area contributed by atoms with Crippen LogP contribution in [0.15, 0.2) is 60.8 Å². The molecule has 6 rings (SSSR count). The van der Waals surface area contributed by atoms with E-state index >= 15 is 0 Å². The molecule has 0 unspecified atom stereocenters. The third-order valence-electron chi connectivity index (χ3n) is 8.78. The summed E-state index contributed by atoms with van der Waals surface area (Å²) in [6, 6.07) is 14.4. The molecule has 3 N–H and O–H groups in total. The average Bonchev–Trinajstić information content (AvgIpc) is 3.66. The number of nitrogens with zero attached hydrogens (tertiary/aromatic N) is 5. The van der Waals surface area contributed by atoms with E-state index in [9.17, 15) is 18.0 Å². The number of halogens is 4. The SMILES string of the molecule is CCOC(=O)[C@@H]1CC2(CCN(c3cc(O[C@H](c4ccc(-c5ccc(Cl)cc5)cc4-n4ccc(C)n4)C(F)(F)F)nc(N)n3)CC2)CN1. The predicted octanol–water partition coefficient (Wildman–Crippen LogP) is 6.07.